The van der Waals surface area contributed by atoms with Gasteiger partial charge in [-0.05, 0) is 37.6 Å². The normalized spacial score (nSPS) is 10.0. The monoisotopic (exact) mass is 208 g/mol. The Morgan fingerprint density at radius 1 is 1.53 bits per heavy atom. The number of anilines is 1. The summed E-state index contributed by atoms with van der Waals surface area (Å²) in [6.45, 7) is 3.19. The molecular formula is C11H16N2O2. The number of rotatable bonds is 5. The van der Waals surface area contributed by atoms with Crippen LogP contribution in [0.1, 0.15) is 22.3 Å². The van der Waals surface area contributed by atoms with Gasteiger partial charge in [-0.15, -0.1) is 0 Å². The molecule has 82 valence electrons. The van der Waals surface area contributed by atoms with Gasteiger partial charge in [-0.3, -0.25) is 0 Å². The van der Waals surface area contributed by atoms with E-state index in [1.807, 2.05) is 6.07 Å². The van der Waals surface area contributed by atoms with E-state index >= 15 is 0 Å². The van der Waals surface area contributed by atoms with Crippen molar-refractivity contribution in [1.82, 2.24) is 0 Å². The Morgan fingerprint density at radius 2 is 2.27 bits per heavy atom. The molecule has 0 unspecified atom stereocenters. The smallest absolute Gasteiger partial charge is 0.336 e. The summed E-state index contributed by atoms with van der Waals surface area (Å²) in [5.74, 6) is -0.894. The molecule has 0 radical (unpaired) electrons. The summed E-state index contributed by atoms with van der Waals surface area (Å²) >= 11 is 0. The van der Waals surface area contributed by atoms with Gasteiger partial charge in [-0.25, -0.2) is 4.79 Å². The highest BCUT2D eigenvalue weighted by Gasteiger charge is 2.08. The first-order valence-electron chi connectivity index (χ1n) is 4.93. The standard InChI is InChI=1S/C11H16N2O2/c1-8-9(11(14)15)4-2-5-10(8)13-7-3-6-12/h2,4-5,13H,3,6-7,12H2,1H3,(H,14,15). The van der Waals surface area contributed by atoms with Gasteiger partial charge in [0, 0.05) is 12.2 Å². The lowest BCUT2D eigenvalue weighted by atomic mass is 10.1. The van der Waals surface area contributed by atoms with Gasteiger partial charge in [0.15, 0.2) is 0 Å². The van der Waals surface area contributed by atoms with Crippen LogP contribution >= 0.6 is 0 Å². The van der Waals surface area contributed by atoms with Crippen molar-refractivity contribution in [3.63, 3.8) is 0 Å². The molecule has 0 aliphatic rings. The second-order valence-corrected chi connectivity index (χ2v) is 3.35. The number of aromatic carboxylic acids is 1. The van der Waals surface area contributed by atoms with E-state index in [1.165, 1.54) is 0 Å². The fraction of sp³-hybridized carbons (Fsp3) is 0.364. The molecular weight excluding hydrogens is 192 g/mol. The third kappa shape index (κ3) is 2.95. The zero-order chi connectivity index (χ0) is 11.3. The van der Waals surface area contributed by atoms with E-state index in [4.69, 9.17) is 10.8 Å². The number of carboxylic acids is 1. The Balaban J connectivity index is 2.80. The third-order valence-corrected chi connectivity index (χ3v) is 2.26. The number of nitrogens with one attached hydrogen (secondary N) is 1. The minimum atomic E-state index is -0.894. The van der Waals surface area contributed by atoms with E-state index in [9.17, 15) is 4.79 Å². The minimum Gasteiger partial charge on any atom is -0.478 e. The molecule has 4 nitrogen and oxygen atoms in total. The Labute approximate surface area is 89.1 Å². The predicted molar refractivity (Wildman–Crippen MR) is 60.3 cm³/mol. The molecule has 0 saturated carbocycles. The number of hydrogen-bond acceptors (Lipinski definition) is 3. The van der Waals surface area contributed by atoms with Crippen LogP contribution in [-0.4, -0.2) is 24.2 Å². The molecule has 0 spiro atoms. The number of benzene rings is 1. The lowest BCUT2D eigenvalue weighted by molar-refractivity contribution is 0.0696. The summed E-state index contributed by atoms with van der Waals surface area (Å²) in [6, 6.07) is 5.21. The topological polar surface area (TPSA) is 75.3 Å². The molecule has 15 heavy (non-hydrogen) atoms. The second kappa shape index (κ2) is 5.36. The summed E-state index contributed by atoms with van der Waals surface area (Å²) in [7, 11) is 0. The van der Waals surface area contributed by atoms with Crippen molar-refractivity contribution in [3.8, 4) is 0 Å². The van der Waals surface area contributed by atoms with Gasteiger partial charge in [0.2, 0.25) is 0 Å². The summed E-state index contributed by atoms with van der Waals surface area (Å²) in [4.78, 5) is 10.9. The highest BCUT2D eigenvalue weighted by Crippen LogP contribution is 2.18. The fourth-order valence-corrected chi connectivity index (χ4v) is 1.38. The van der Waals surface area contributed by atoms with Crippen molar-refractivity contribution in [2.45, 2.75) is 13.3 Å². The van der Waals surface area contributed by atoms with E-state index in [2.05, 4.69) is 5.32 Å². The molecule has 0 amide bonds. The largest absolute Gasteiger partial charge is 0.478 e. The van der Waals surface area contributed by atoms with E-state index < -0.39 is 5.97 Å². The zero-order valence-corrected chi connectivity index (χ0v) is 8.79. The van der Waals surface area contributed by atoms with Crippen LogP contribution < -0.4 is 11.1 Å². The molecule has 1 aromatic rings. The number of hydrogen-bond donors (Lipinski definition) is 3. The van der Waals surface area contributed by atoms with Crippen molar-refractivity contribution >= 4 is 11.7 Å². The van der Waals surface area contributed by atoms with Crippen molar-refractivity contribution in [3.05, 3.63) is 29.3 Å². The van der Waals surface area contributed by atoms with Crippen LogP contribution in [0.4, 0.5) is 5.69 Å². The highest BCUT2D eigenvalue weighted by atomic mass is 16.4. The Bertz CT molecular complexity index is 350. The number of carboxylic acid groups (broad SMARTS) is 1. The molecule has 1 aromatic carbocycles. The first kappa shape index (κ1) is 11.5. The van der Waals surface area contributed by atoms with E-state index in [0.29, 0.717) is 12.1 Å². The van der Waals surface area contributed by atoms with Crippen molar-refractivity contribution in [1.29, 1.82) is 0 Å². The molecule has 0 aliphatic heterocycles. The first-order valence-corrected chi connectivity index (χ1v) is 4.93. The zero-order valence-electron chi connectivity index (χ0n) is 8.79. The average molecular weight is 208 g/mol. The van der Waals surface area contributed by atoms with Gasteiger partial charge in [-0.2, -0.15) is 0 Å². The minimum absolute atomic E-state index is 0.341. The first-order chi connectivity index (χ1) is 7.16. The molecule has 0 aliphatic carbocycles. The molecule has 4 heteroatoms. The van der Waals surface area contributed by atoms with Gasteiger partial charge in [0.1, 0.15) is 0 Å². The lowest BCUT2D eigenvalue weighted by Gasteiger charge is -2.10. The van der Waals surface area contributed by atoms with Crippen LogP contribution in [-0.2, 0) is 0 Å². The molecule has 0 bridgehead atoms. The number of nitrogens with two attached hydrogens (primary N) is 1. The van der Waals surface area contributed by atoms with E-state index in [-0.39, 0.29) is 0 Å². The summed E-state index contributed by atoms with van der Waals surface area (Å²) in [5.41, 5.74) is 7.35. The summed E-state index contributed by atoms with van der Waals surface area (Å²) in [5, 5.41) is 12.1. The molecule has 1 rings (SSSR count). The molecule has 0 saturated heterocycles. The highest BCUT2D eigenvalue weighted by molar-refractivity contribution is 5.91. The van der Waals surface area contributed by atoms with E-state index in [0.717, 1.165) is 24.2 Å². The van der Waals surface area contributed by atoms with Gasteiger partial charge in [-0.1, -0.05) is 6.07 Å². The van der Waals surface area contributed by atoms with Crippen LogP contribution in [0, 0.1) is 6.92 Å². The molecule has 0 heterocycles. The van der Waals surface area contributed by atoms with Crippen molar-refractivity contribution in [2.24, 2.45) is 5.73 Å². The molecule has 0 fully saturated rings. The summed E-state index contributed by atoms with van der Waals surface area (Å²) in [6.07, 6.45) is 0.872. The van der Waals surface area contributed by atoms with E-state index in [1.54, 1.807) is 19.1 Å². The predicted octanol–water partition coefficient (Wildman–Crippen LogP) is 1.45. The lowest BCUT2D eigenvalue weighted by Crippen LogP contribution is -2.10. The van der Waals surface area contributed by atoms with Crippen LogP contribution in [0.3, 0.4) is 0 Å². The quantitative estimate of drug-likeness (QED) is 0.640. The third-order valence-electron chi connectivity index (χ3n) is 2.26. The Kier molecular flexibility index (Phi) is 4.12. The van der Waals surface area contributed by atoms with Gasteiger partial charge >= 0.3 is 5.97 Å². The molecule has 0 atom stereocenters. The van der Waals surface area contributed by atoms with Gasteiger partial charge in [0.05, 0.1) is 5.56 Å². The number of carbonyl (C=O) groups is 1. The maximum absolute atomic E-state index is 10.9. The van der Waals surface area contributed by atoms with Gasteiger partial charge < -0.3 is 16.2 Å². The second-order valence-electron chi connectivity index (χ2n) is 3.35. The molecule has 0 aromatic heterocycles. The maximum atomic E-state index is 10.9. The van der Waals surface area contributed by atoms with Crippen LogP contribution in [0.2, 0.25) is 0 Å². The fourth-order valence-electron chi connectivity index (χ4n) is 1.38. The van der Waals surface area contributed by atoms with Crippen LogP contribution in [0.15, 0.2) is 18.2 Å². The SMILES string of the molecule is Cc1c(NCCCN)cccc1C(=O)O. The van der Waals surface area contributed by atoms with Gasteiger partial charge in [0.25, 0.3) is 0 Å². The van der Waals surface area contributed by atoms with Crippen molar-refractivity contribution < 1.29 is 9.90 Å². The van der Waals surface area contributed by atoms with Crippen molar-refractivity contribution in [2.75, 3.05) is 18.4 Å². The Morgan fingerprint density at radius 3 is 2.87 bits per heavy atom. The maximum Gasteiger partial charge on any atom is 0.336 e. The van der Waals surface area contributed by atoms with Crippen LogP contribution in [0.5, 0.6) is 0 Å². The molecule has 4 N–H and O–H groups in total. The van der Waals surface area contributed by atoms with Crippen LogP contribution in [0.25, 0.3) is 0 Å². The Hall–Kier alpha value is -1.55. The average Bonchev–Trinajstić information content (AvgIpc) is 2.20. The summed E-state index contributed by atoms with van der Waals surface area (Å²) < 4.78 is 0.